The van der Waals surface area contributed by atoms with Crippen LogP contribution in [0.3, 0.4) is 0 Å². The number of thioether (sulfide) groups is 1. The average molecular weight is 432 g/mol. The van der Waals surface area contributed by atoms with Gasteiger partial charge in [-0.2, -0.15) is 0 Å². The second-order valence-corrected chi connectivity index (χ2v) is 9.13. The van der Waals surface area contributed by atoms with E-state index in [1.807, 2.05) is 39.1 Å². The fourth-order valence-electron chi connectivity index (χ4n) is 4.71. The number of phenols is 1. The van der Waals surface area contributed by atoms with Crippen LogP contribution in [-0.2, 0) is 19.1 Å². The zero-order chi connectivity index (χ0) is 22.1. The van der Waals surface area contributed by atoms with E-state index in [1.54, 1.807) is 30.0 Å². The van der Waals surface area contributed by atoms with E-state index in [1.165, 1.54) is 14.2 Å². The second-order valence-electron chi connectivity index (χ2n) is 8.03. The quantitative estimate of drug-likeness (QED) is 0.543. The van der Waals surface area contributed by atoms with Crippen LogP contribution in [0.25, 0.3) is 0 Å². The number of rotatable bonds is 6. The van der Waals surface area contributed by atoms with Crippen molar-refractivity contribution in [3.63, 3.8) is 0 Å². The molecule has 162 valence electrons. The van der Waals surface area contributed by atoms with Crippen LogP contribution < -0.4 is 0 Å². The minimum atomic E-state index is -0.858. The van der Waals surface area contributed by atoms with Crippen molar-refractivity contribution in [1.29, 1.82) is 0 Å². The smallest absolute Gasteiger partial charge is 0.318 e. The molecule has 1 aromatic carbocycles. The molecular weight excluding hydrogens is 402 g/mol. The highest BCUT2D eigenvalue weighted by Crippen LogP contribution is 2.54. The summed E-state index contributed by atoms with van der Waals surface area (Å²) in [4.78, 5) is 28.7. The van der Waals surface area contributed by atoms with Gasteiger partial charge >= 0.3 is 11.9 Å². The number of hydrogen-bond donors (Lipinski definition) is 1. The van der Waals surface area contributed by atoms with Gasteiger partial charge in [-0.05, 0) is 49.6 Å². The van der Waals surface area contributed by atoms with Crippen LogP contribution in [0.4, 0.5) is 0 Å². The second kappa shape index (κ2) is 8.38. The Morgan fingerprint density at radius 1 is 1.27 bits per heavy atom. The molecule has 0 bridgehead atoms. The van der Waals surface area contributed by atoms with Crippen molar-refractivity contribution >= 4 is 23.7 Å². The third kappa shape index (κ3) is 3.49. The molecule has 0 spiro atoms. The zero-order valence-electron chi connectivity index (χ0n) is 18.1. The number of aromatic hydroxyl groups is 1. The number of ether oxygens (including phenoxy) is 2. The Kier molecular flexibility index (Phi) is 6.22. The van der Waals surface area contributed by atoms with Gasteiger partial charge in [-0.25, -0.2) is 0 Å². The van der Waals surface area contributed by atoms with Crippen LogP contribution in [0.1, 0.15) is 26.7 Å². The number of benzene rings is 1. The monoisotopic (exact) mass is 431 g/mol. The standard InChI is InChI=1S/C23H29NO5S/c1-6-23(21(27)29-5)17-13-22(2,20(26)28-4)11-10-18(17)24(3)19(23)14-30-16-9-7-8-15(25)12-16/h7-12,19,25H,6,13-14H2,1-5H3. The largest absolute Gasteiger partial charge is 0.508 e. The van der Waals surface area contributed by atoms with E-state index in [2.05, 4.69) is 4.90 Å². The van der Waals surface area contributed by atoms with Crippen LogP contribution in [0.15, 0.2) is 52.6 Å². The van der Waals surface area contributed by atoms with E-state index >= 15 is 0 Å². The number of carbonyl (C=O) groups excluding carboxylic acids is 2. The Morgan fingerprint density at radius 2 is 1.97 bits per heavy atom. The van der Waals surface area contributed by atoms with Gasteiger partial charge in [0.2, 0.25) is 0 Å². The molecule has 3 unspecified atom stereocenters. The Morgan fingerprint density at radius 3 is 2.57 bits per heavy atom. The van der Waals surface area contributed by atoms with Gasteiger partial charge in [0.15, 0.2) is 0 Å². The summed E-state index contributed by atoms with van der Waals surface area (Å²) in [5.74, 6) is 0.230. The minimum absolute atomic E-state index is 0.156. The summed E-state index contributed by atoms with van der Waals surface area (Å²) < 4.78 is 10.3. The molecule has 1 aliphatic carbocycles. The number of likely N-dealkylation sites (N-methyl/N-ethyl adjacent to an activating group) is 1. The molecule has 1 aromatic rings. The van der Waals surface area contributed by atoms with Gasteiger partial charge in [0.1, 0.15) is 11.2 Å². The van der Waals surface area contributed by atoms with Crippen molar-refractivity contribution in [2.45, 2.75) is 37.6 Å². The van der Waals surface area contributed by atoms with Crippen LogP contribution in [0, 0.1) is 10.8 Å². The lowest BCUT2D eigenvalue weighted by atomic mass is 9.67. The third-order valence-corrected chi connectivity index (χ3v) is 7.47. The lowest BCUT2D eigenvalue weighted by molar-refractivity contribution is -0.154. The maximum Gasteiger partial charge on any atom is 0.318 e. The predicted molar refractivity (Wildman–Crippen MR) is 116 cm³/mol. The molecule has 0 saturated carbocycles. The van der Waals surface area contributed by atoms with E-state index in [4.69, 9.17) is 9.47 Å². The molecule has 1 N–H and O–H groups in total. The molecule has 1 aliphatic heterocycles. The highest BCUT2D eigenvalue weighted by Gasteiger charge is 2.58. The first kappa shape index (κ1) is 22.3. The highest BCUT2D eigenvalue weighted by molar-refractivity contribution is 7.99. The lowest BCUT2D eigenvalue weighted by Gasteiger charge is -2.38. The molecule has 2 aliphatic rings. The summed E-state index contributed by atoms with van der Waals surface area (Å²) in [7, 11) is 4.78. The van der Waals surface area contributed by atoms with E-state index in [0.717, 1.165) is 16.2 Å². The van der Waals surface area contributed by atoms with Gasteiger partial charge in [0.25, 0.3) is 0 Å². The fraction of sp³-hybridized carbons (Fsp3) is 0.478. The van der Waals surface area contributed by atoms with E-state index in [-0.39, 0.29) is 23.7 Å². The molecule has 0 fully saturated rings. The lowest BCUT2D eigenvalue weighted by Crippen LogP contribution is -2.48. The third-order valence-electron chi connectivity index (χ3n) is 6.40. The molecule has 0 radical (unpaired) electrons. The summed E-state index contributed by atoms with van der Waals surface area (Å²) in [6, 6.07) is 6.93. The maximum atomic E-state index is 13.2. The summed E-state index contributed by atoms with van der Waals surface area (Å²) in [5, 5.41) is 9.77. The van der Waals surface area contributed by atoms with Crippen molar-refractivity contribution in [1.82, 2.24) is 4.90 Å². The molecule has 0 amide bonds. The number of esters is 2. The van der Waals surface area contributed by atoms with Crippen molar-refractivity contribution in [2.75, 3.05) is 27.0 Å². The van der Waals surface area contributed by atoms with Crippen LogP contribution in [0.5, 0.6) is 5.75 Å². The van der Waals surface area contributed by atoms with Gasteiger partial charge in [-0.3, -0.25) is 9.59 Å². The van der Waals surface area contributed by atoms with Gasteiger partial charge in [0, 0.05) is 23.4 Å². The maximum absolute atomic E-state index is 13.2. The number of carbonyl (C=O) groups is 2. The molecule has 0 saturated heterocycles. The van der Waals surface area contributed by atoms with E-state index in [9.17, 15) is 14.7 Å². The number of hydrogen-bond acceptors (Lipinski definition) is 7. The van der Waals surface area contributed by atoms with Crippen LogP contribution >= 0.6 is 11.8 Å². The van der Waals surface area contributed by atoms with Crippen molar-refractivity contribution < 1.29 is 24.2 Å². The summed E-state index contributed by atoms with van der Waals surface area (Å²) in [6.07, 6.45) is 4.77. The number of allylic oxidation sites excluding steroid dienone is 1. The van der Waals surface area contributed by atoms with Crippen molar-refractivity contribution in [3.8, 4) is 5.75 Å². The Hall–Kier alpha value is -2.41. The number of nitrogens with zero attached hydrogens (tertiary/aromatic N) is 1. The van der Waals surface area contributed by atoms with Crippen LogP contribution in [-0.4, -0.2) is 55.0 Å². The Balaban J connectivity index is 2.00. The topological polar surface area (TPSA) is 76.1 Å². The number of methoxy groups -OCH3 is 2. The molecule has 0 aromatic heterocycles. The van der Waals surface area contributed by atoms with Gasteiger partial charge in [-0.1, -0.05) is 19.1 Å². The SMILES string of the molecule is CCC1(C(=O)OC)C2=C(C=CC(C)(C(=O)OC)C2)N(C)C1CSc1cccc(O)c1. The van der Waals surface area contributed by atoms with Gasteiger partial charge < -0.3 is 19.5 Å². The zero-order valence-corrected chi connectivity index (χ0v) is 18.9. The first-order valence-corrected chi connectivity index (χ1v) is 11.0. The predicted octanol–water partition coefficient (Wildman–Crippen LogP) is 3.76. The fourth-order valence-corrected chi connectivity index (χ4v) is 5.94. The Bertz CT molecular complexity index is 911. The average Bonchev–Trinajstić information content (AvgIpc) is 2.98. The summed E-state index contributed by atoms with van der Waals surface area (Å²) >= 11 is 1.59. The molecule has 7 heteroatoms. The molecule has 30 heavy (non-hydrogen) atoms. The molecule has 1 heterocycles. The molecule has 3 rings (SSSR count). The van der Waals surface area contributed by atoms with Gasteiger partial charge in [0.05, 0.1) is 25.7 Å². The first-order valence-electron chi connectivity index (χ1n) is 9.98. The molecular formula is C23H29NO5S. The molecule has 6 nitrogen and oxygen atoms in total. The van der Waals surface area contributed by atoms with Crippen LogP contribution in [0.2, 0.25) is 0 Å². The van der Waals surface area contributed by atoms with E-state index in [0.29, 0.717) is 18.6 Å². The normalized spacial score (nSPS) is 27.8. The van der Waals surface area contributed by atoms with E-state index < -0.39 is 10.8 Å². The Labute approximate surface area is 181 Å². The highest BCUT2D eigenvalue weighted by atomic mass is 32.2. The minimum Gasteiger partial charge on any atom is -0.508 e. The van der Waals surface area contributed by atoms with Crippen molar-refractivity contribution in [2.24, 2.45) is 10.8 Å². The molecule has 3 atom stereocenters. The first-order chi connectivity index (χ1) is 14.2. The summed E-state index contributed by atoms with van der Waals surface area (Å²) in [5.41, 5.74) is 0.208. The number of phenolic OH excluding ortho intramolecular Hbond substituents is 1. The van der Waals surface area contributed by atoms with Gasteiger partial charge in [-0.15, -0.1) is 11.8 Å². The van der Waals surface area contributed by atoms with Crippen molar-refractivity contribution in [3.05, 3.63) is 47.7 Å². The summed E-state index contributed by atoms with van der Waals surface area (Å²) in [6.45, 7) is 3.83.